The van der Waals surface area contributed by atoms with Crippen LogP contribution in [0.4, 0.5) is 0 Å². The van der Waals surface area contributed by atoms with Gasteiger partial charge in [0.1, 0.15) is 0 Å². The first kappa shape index (κ1) is 13.8. The molecule has 0 N–H and O–H groups in total. The summed E-state index contributed by atoms with van der Waals surface area (Å²) in [5.74, 6) is 1.22. The van der Waals surface area contributed by atoms with Crippen molar-refractivity contribution in [3.05, 3.63) is 35.4 Å². The molecule has 4 rings (SSSR count). The Kier molecular flexibility index (Phi) is 3.45. The summed E-state index contributed by atoms with van der Waals surface area (Å²) >= 11 is 0. The van der Waals surface area contributed by atoms with E-state index in [0.29, 0.717) is 11.7 Å². The van der Waals surface area contributed by atoms with Crippen LogP contribution in [0.25, 0.3) is 0 Å². The lowest BCUT2D eigenvalue weighted by Gasteiger charge is -2.44. The highest BCUT2D eigenvalue weighted by molar-refractivity contribution is 5.98. The highest BCUT2D eigenvalue weighted by Gasteiger charge is 2.38. The molecule has 0 spiro atoms. The summed E-state index contributed by atoms with van der Waals surface area (Å²) in [7, 11) is 0. The highest BCUT2D eigenvalue weighted by Crippen LogP contribution is 2.34. The third kappa shape index (κ3) is 2.54. The van der Waals surface area contributed by atoms with E-state index in [-0.39, 0.29) is 11.3 Å². The number of nitrogens with zero attached hydrogens (tertiary/aromatic N) is 1. The molecule has 3 aliphatic rings. The standard InChI is InChI=1S/C18H25NO/c1-18(2,3)15-6-4-14(5-7-15)17(20)16-12-19-10-8-13(16)9-11-19/h4-7,13,16H,8-12H2,1-3H3. The lowest BCUT2D eigenvalue weighted by atomic mass is 9.75. The number of piperidine rings is 3. The minimum absolute atomic E-state index is 0.150. The summed E-state index contributed by atoms with van der Waals surface area (Å²) in [5.41, 5.74) is 2.34. The summed E-state index contributed by atoms with van der Waals surface area (Å²) in [6.45, 7) is 9.98. The summed E-state index contributed by atoms with van der Waals surface area (Å²) in [4.78, 5) is 15.2. The minimum atomic E-state index is 0.150. The van der Waals surface area contributed by atoms with Crippen molar-refractivity contribution in [1.29, 1.82) is 0 Å². The van der Waals surface area contributed by atoms with Crippen LogP contribution >= 0.6 is 0 Å². The lowest BCUT2D eigenvalue weighted by molar-refractivity contribution is 0.0419. The van der Waals surface area contributed by atoms with Gasteiger partial charge in [0.15, 0.2) is 5.78 Å². The maximum Gasteiger partial charge on any atom is 0.167 e. The Balaban J connectivity index is 1.77. The van der Waals surface area contributed by atoms with Gasteiger partial charge in [-0.3, -0.25) is 4.79 Å². The van der Waals surface area contributed by atoms with Crippen LogP contribution < -0.4 is 0 Å². The van der Waals surface area contributed by atoms with Gasteiger partial charge in [0, 0.05) is 18.0 Å². The molecule has 0 radical (unpaired) electrons. The number of hydrogen-bond donors (Lipinski definition) is 0. The molecule has 3 aliphatic heterocycles. The Labute approximate surface area is 122 Å². The largest absolute Gasteiger partial charge is 0.303 e. The van der Waals surface area contributed by atoms with Crippen molar-refractivity contribution >= 4 is 5.78 Å². The summed E-state index contributed by atoms with van der Waals surface area (Å²) in [6, 6.07) is 8.30. The van der Waals surface area contributed by atoms with E-state index in [2.05, 4.69) is 37.8 Å². The number of rotatable bonds is 2. The van der Waals surface area contributed by atoms with Gasteiger partial charge in [-0.25, -0.2) is 0 Å². The molecule has 0 aromatic heterocycles. The fraction of sp³-hybridized carbons (Fsp3) is 0.611. The number of benzene rings is 1. The smallest absolute Gasteiger partial charge is 0.167 e. The maximum absolute atomic E-state index is 12.7. The molecule has 3 saturated heterocycles. The molecular formula is C18H25NO. The highest BCUT2D eigenvalue weighted by atomic mass is 16.1. The first-order valence-electron chi connectivity index (χ1n) is 7.82. The zero-order chi connectivity index (χ0) is 14.3. The number of fused-ring (bicyclic) bond motifs is 3. The predicted molar refractivity (Wildman–Crippen MR) is 82.1 cm³/mol. The molecule has 0 amide bonds. The Hall–Kier alpha value is -1.15. The minimum Gasteiger partial charge on any atom is -0.303 e. The van der Waals surface area contributed by atoms with Gasteiger partial charge in [-0.1, -0.05) is 45.0 Å². The normalized spacial score (nSPS) is 29.4. The molecule has 1 aromatic rings. The Morgan fingerprint density at radius 3 is 2.15 bits per heavy atom. The third-order valence-corrected chi connectivity index (χ3v) is 5.03. The number of ketones is 1. The van der Waals surface area contributed by atoms with E-state index in [1.807, 2.05) is 12.1 Å². The Bertz CT molecular complexity index is 489. The second-order valence-corrected chi connectivity index (χ2v) is 7.44. The van der Waals surface area contributed by atoms with E-state index >= 15 is 0 Å². The first-order chi connectivity index (χ1) is 9.45. The summed E-state index contributed by atoms with van der Waals surface area (Å²) < 4.78 is 0. The van der Waals surface area contributed by atoms with Crippen molar-refractivity contribution in [3.63, 3.8) is 0 Å². The first-order valence-corrected chi connectivity index (χ1v) is 7.82. The van der Waals surface area contributed by atoms with Crippen molar-refractivity contribution in [1.82, 2.24) is 4.90 Å². The van der Waals surface area contributed by atoms with Crippen LogP contribution in [0.15, 0.2) is 24.3 Å². The van der Waals surface area contributed by atoms with Gasteiger partial charge in [-0.15, -0.1) is 0 Å². The molecule has 108 valence electrons. The van der Waals surface area contributed by atoms with Gasteiger partial charge >= 0.3 is 0 Å². The van der Waals surface area contributed by atoms with Crippen LogP contribution in [0.3, 0.4) is 0 Å². The van der Waals surface area contributed by atoms with Crippen molar-refractivity contribution in [2.45, 2.75) is 39.0 Å². The van der Waals surface area contributed by atoms with Gasteiger partial charge in [0.2, 0.25) is 0 Å². The molecule has 3 heterocycles. The van der Waals surface area contributed by atoms with Gasteiger partial charge < -0.3 is 4.90 Å². The average Bonchev–Trinajstić information content (AvgIpc) is 2.47. The Morgan fingerprint density at radius 2 is 1.70 bits per heavy atom. The van der Waals surface area contributed by atoms with Gasteiger partial charge in [0.25, 0.3) is 0 Å². The van der Waals surface area contributed by atoms with Crippen molar-refractivity contribution in [2.24, 2.45) is 11.8 Å². The van der Waals surface area contributed by atoms with Crippen LogP contribution in [0.2, 0.25) is 0 Å². The van der Waals surface area contributed by atoms with Crippen molar-refractivity contribution < 1.29 is 4.79 Å². The maximum atomic E-state index is 12.7. The van der Waals surface area contributed by atoms with Crippen molar-refractivity contribution in [2.75, 3.05) is 19.6 Å². The second-order valence-electron chi connectivity index (χ2n) is 7.44. The molecule has 2 heteroatoms. The quantitative estimate of drug-likeness (QED) is 0.767. The predicted octanol–water partition coefficient (Wildman–Crippen LogP) is 3.51. The fourth-order valence-electron chi connectivity index (χ4n) is 3.61. The van der Waals surface area contributed by atoms with E-state index in [1.54, 1.807) is 0 Å². The zero-order valence-corrected chi connectivity index (χ0v) is 12.9. The third-order valence-electron chi connectivity index (χ3n) is 5.03. The Morgan fingerprint density at radius 1 is 1.10 bits per heavy atom. The van der Waals surface area contributed by atoms with E-state index < -0.39 is 0 Å². The second kappa shape index (κ2) is 5.00. The average molecular weight is 271 g/mol. The van der Waals surface area contributed by atoms with E-state index in [1.165, 1.54) is 31.5 Å². The van der Waals surface area contributed by atoms with Crippen LogP contribution in [0.5, 0.6) is 0 Å². The molecule has 0 saturated carbocycles. The summed E-state index contributed by atoms with van der Waals surface area (Å²) in [6.07, 6.45) is 2.41. The van der Waals surface area contributed by atoms with Gasteiger partial charge in [-0.2, -0.15) is 0 Å². The fourth-order valence-corrected chi connectivity index (χ4v) is 3.61. The SMILES string of the molecule is CC(C)(C)c1ccc(C(=O)C2CN3CCC2CC3)cc1. The van der Waals surface area contributed by atoms with Gasteiger partial charge in [0.05, 0.1) is 0 Å². The van der Waals surface area contributed by atoms with E-state index in [9.17, 15) is 4.79 Å². The topological polar surface area (TPSA) is 20.3 Å². The molecule has 1 unspecified atom stereocenters. The van der Waals surface area contributed by atoms with Crippen molar-refractivity contribution in [3.8, 4) is 0 Å². The van der Waals surface area contributed by atoms with Crippen LogP contribution in [0.1, 0.15) is 49.5 Å². The number of carbonyl (C=O) groups excluding carboxylic acids is 1. The van der Waals surface area contributed by atoms with Crippen LogP contribution in [-0.2, 0) is 5.41 Å². The number of hydrogen-bond acceptors (Lipinski definition) is 2. The zero-order valence-electron chi connectivity index (χ0n) is 12.9. The molecule has 3 fully saturated rings. The monoisotopic (exact) mass is 271 g/mol. The van der Waals surface area contributed by atoms with Crippen LogP contribution in [-0.4, -0.2) is 30.3 Å². The number of Topliss-reactive ketones (excluding diaryl/α,β-unsaturated/α-hetero) is 1. The molecule has 20 heavy (non-hydrogen) atoms. The summed E-state index contributed by atoms with van der Waals surface area (Å²) in [5, 5.41) is 0. The molecule has 1 atom stereocenters. The molecule has 0 aliphatic carbocycles. The van der Waals surface area contributed by atoms with E-state index in [4.69, 9.17) is 0 Å². The molecular weight excluding hydrogens is 246 g/mol. The number of carbonyl (C=O) groups is 1. The molecule has 2 nitrogen and oxygen atoms in total. The van der Waals surface area contributed by atoms with Crippen LogP contribution in [0, 0.1) is 11.8 Å². The molecule has 2 bridgehead atoms. The van der Waals surface area contributed by atoms with Gasteiger partial charge in [-0.05, 0) is 42.8 Å². The molecule has 1 aromatic carbocycles. The lowest BCUT2D eigenvalue weighted by Crippen LogP contribution is -2.50. The van der Waals surface area contributed by atoms with E-state index in [0.717, 1.165) is 12.1 Å².